The van der Waals surface area contributed by atoms with Gasteiger partial charge in [0.25, 0.3) is 5.91 Å². The zero-order valence-electron chi connectivity index (χ0n) is 7.24. The van der Waals surface area contributed by atoms with E-state index in [0.29, 0.717) is 12.2 Å². The minimum atomic E-state index is -0.162. The standard InChI is InChI=1S/C7H12N4O/c1-3-4-8-7(12)6-5-11(2)10-9-6/h5H,3-4H2,1-2H3,(H,8,12). The van der Waals surface area contributed by atoms with Crippen LogP contribution in [0.25, 0.3) is 0 Å². The number of aryl methyl sites for hydroxylation is 1. The summed E-state index contributed by atoms with van der Waals surface area (Å²) in [6.45, 7) is 2.67. The van der Waals surface area contributed by atoms with Gasteiger partial charge in [-0.25, -0.2) is 0 Å². The number of aromatic nitrogens is 3. The van der Waals surface area contributed by atoms with Crippen molar-refractivity contribution in [2.45, 2.75) is 13.3 Å². The van der Waals surface area contributed by atoms with Crippen LogP contribution in [-0.2, 0) is 7.05 Å². The second kappa shape index (κ2) is 3.85. The first kappa shape index (κ1) is 8.70. The minimum absolute atomic E-state index is 0.162. The highest BCUT2D eigenvalue weighted by Crippen LogP contribution is 1.90. The van der Waals surface area contributed by atoms with Gasteiger partial charge in [-0.3, -0.25) is 9.48 Å². The average Bonchev–Trinajstić information content (AvgIpc) is 2.47. The molecule has 0 aliphatic carbocycles. The fourth-order valence-corrected chi connectivity index (χ4v) is 0.780. The molecule has 0 fully saturated rings. The molecule has 0 aromatic carbocycles. The third-order valence-corrected chi connectivity index (χ3v) is 1.37. The molecular weight excluding hydrogens is 156 g/mol. The Bertz CT molecular complexity index is 268. The number of amides is 1. The van der Waals surface area contributed by atoms with Gasteiger partial charge < -0.3 is 5.32 Å². The van der Waals surface area contributed by atoms with Gasteiger partial charge in [-0.15, -0.1) is 5.10 Å². The monoisotopic (exact) mass is 168 g/mol. The highest BCUT2D eigenvalue weighted by Gasteiger charge is 2.07. The summed E-state index contributed by atoms with van der Waals surface area (Å²) >= 11 is 0. The molecule has 0 unspecified atom stereocenters. The van der Waals surface area contributed by atoms with E-state index in [2.05, 4.69) is 15.6 Å². The minimum Gasteiger partial charge on any atom is -0.351 e. The van der Waals surface area contributed by atoms with Gasteiger partial charge in [-0.2, -0.15) is 0 Å². The van der Waals surface area contributed by atoms with Gasteiger partial charge in [0, 0.05) is 13.6 Å². The topological polar surface area (TPSA) is 59.8 Å². The van der Waals surface area contributed by atoms with Crippen LogP contribution in [0.5, 0.6) is 0 Å². The molecule has 0 aliphatic heterocycles. The van der Waals surface area contributed by atoms with Gasteiger partial charge in [-0.1, -0.05) is 12.1 Å². The molecule has 0 bridgehead atoms. The van der Waals surface area contributed by atoms with Crippen LogP contribution in [0.3, 0.4) is 0 Å². The van der Waals surface area contributed by atoms with Crippen LogP contribution in [0.2, 0.25) is 0 Å². The predicted octanol–water partition coefficient (Wildman–Crippen LogP) is -0.0451. The van der Waals surface area contributed by atoms with Gasteiger partial charge in [0.05, 0.1) is 6.20 Å². The number of carbonyl (C=O) groups excluding carboxylic acids is 1. The van der Waals surface area contributed by atoms with Gasteiger partial charge in [0.1, 0.15) is 0 Å². The van der Waals surface area contributed by atoms with Crippen molar-refractivity contribution < 1.29 is 4.79 Å². The molecule has 5 nitrogen and oxygen atoms in total. The third-order valence-electron chi connectivity index (χ3n) is 1.37. The lowest BCUT2D eigenvalue weighted by Gasteiger charge is -1.97. The number of hydrogen-bond donors (Lipinski definition) is 1. The molecule has 12 heavy (non-hydrogen) atoms. The Kier molecular flexibility index (Phi) is 2.79. The van der Waals surface area contributed by atoms with E-state index in [1.54, 1.807) is 13.2 Å². The highest BCUT2D eigenvalue weighted by molar-refractivity contribution is 5.91. The van der Waals surface area contributed by atoms with Gasteiger partial charge in [0.15, 0.2) is 5.69 Å². The third kappa shape index (κ3) is 2.05. The van der Waals surface area contributed by atoms with Crippen molar-refractivity contribution in [3.8, 4) is 0 Å². The molecule has 1 aromatic rings. The number of carbonyl (C=O) groups is 1. The van der Waals surface area contributed by atoms with Crippen molar-refractivity contribution >= 4 is 5.91 Å². The maximum Gasteiger partial charge on any atom is 0.273 e. The van der Waals surface area contributed by atoms with Gasteiger partial charge >= 0.3 is 0 Å². The van der Waals surface area contributed by atoms with E-state index in [1.807, 2.05) is 6.92 Å². The van der Waals surface area contributed by atoms with Crippen LogP contribution in [0.4, 0.5) is 0 Å². The summed E-state index contributed by atoms with van der Waals surface area (Å²) < 4.78 is 1.50. The smallest absolute Gasteiger partial charge is 0.273 e. The summed E-state index contributed by atoms with van der Waals surface area (Å²) in [4.78, 5) is 11.2. The summed E-state index contributed by atoms with van der Waals surface area (Å²) in [6.07, 6.45) is 2.51. The van der Waals surface area contributed by atoms with Crippen LogP contribution >= 0.6 is 0 Å². The van der Waals surface area contributed by atoms with Crippen LogP contribution in [0.15, 0.2) is 6.20 Å². The van der Waals surface area contributed by atoms with E-state index in [-0.39, 0.29) is 5.91 Å². The number of nitrogens with one attached hydrogen (secondary N) is 1. The lowest BCUT2D eigenvalue weighted by atomic mass is 10.4. The largest absolute Gasteiger partial charge is 0.351 e. The molecule has 5 heteroatoms. The molecular formula is C7H12N4O. The second-order valence-electron chi connectivity index (χ2n) is 2.53. The first-order valence-electron chi connectivity index (χ1n) is 3.88. The van der Waals surface area contributed by atoms with Gasteiger partial charge in [0.2, 0.25) is 0 Å². The molecule has 1 rings (SSSR count). The number of nitrogens with zero attached hydrogens (tertiary/aromatic N) is 3. The van der Waals surface area contributed by atoms with Crippen molar-refractivity contribution in [1.29, 1.82) is 0 Å². The van der Waals surface area contributed by atoms with Crippen LogP contribution in [0, 0.1) is 0 Å². The Hall–Kier alpha value is -1.39. The fraction of sp³-hybridized carbons (Fsp3) is 0.571. The van der Waals surface area contributed by atoms with E-state index in [9.17, 15) is 4.79 Å². The summed E-state index contributed by atoms with van der Waals surface area (Å²) in [7, 11) is 1.73. The molecule has 66 valence electrons. The molecule has 1 heterocycles. The van der Waals surface area contributed by atoms with E-state index in [4.69, 9.17) is 0 Å². The summed E-state index contributed by atoms with van der Waals surface area (Å²) in [5.41, 5.74) is 0.367. The normalized spacial score (nSPS) is 9.83. The van der Waals surface area contributed by atoms with Crippen LogP contribution < -0.4 is 5.32 Å². The Labute approximate surface area is 70.8 Å². The SMILES string of the molecule is CCCNC(=O)c1cn(C)nn1. The molecule has 0 radical (unpaired) electrons. The van der Waals surface area contributed by atoms with Crippen molar-refractivity contribution in [3.05, 3.63) is 11.9 Å². The van der Waals surface area contributed by atoms with Crippen LogP contribution in [-0.4, -0.2) is 27.4 Å². The molecule has 1 amide bonds. The zero-order chi connectivity index (χ0) is 8.97. The first-order chi connectivity index (χ1) is 5.74. The Morgan fingerprint density at radius 1 is 1.75 bits per heavy atom. The van der Waals surface area contributed by atoms with E-state index in [1.165, 1.54) is 4.68 Å². The lowest BCUT2D eigenvalue weighted by molar-refractivity contribution is 0.0948. The Balaban J connectivity index is 2.53. The van der Waals surface area contributed by atoms with E-state index in [0.717, 1.165) is 6.42 Å². The Morgan fingerprint density at radius 2 is 2.50 bits per heavy atom. The molecule has 0 saturated heterocycles. The van der Waals surface area contributed by atoms with E-state index >= 15 is 0 Å². The molecule has 0 aliphatic rings. The van der Waals surface area contributed by atoms with Crippen LogP contribution in [0.1, 0.15) is 23.8 Å². The quantitative estimate of drug-likeness (QED) is 0.688. The van der Waals surface area contributed by atoms with Crippen molar-refractivity contribution in [1.82, 2.24) is 20.3 Å². The summed E-state index contributed by atoms with van der Waals surface area (Å²) in [5.74, 6) is -0.162. The zero-order valence-corrected chi connectivity index (χ0v) is 7.24. The predicted molar refractivity (Wildman–Crippen MR) is 43.6 cm³/mol. The van der Waals surface area contributed by atoms with E-state index < -0.39 is 0 Å². The molecule has 1 N–H and O–H groups in total. The molecule has 0 saturated carbocycles. The Morgan fingerprint density at radius 3 is 3.00 bits per heavy atom. The van der Waals surface area contributed by atoms with Gasteiger partial charge in [-0.05, 0) is 6.42 Å². The summed E-state index contributed by atoms with van der Waals surface area (Å²) in [5, 5.41) is 10.0. The number of hydrogen-bond acceptors (Lipinski definition) is 3. The first-order valence-corrected chi connectivity index (χ1v) is 3.88. The molecule has 0 atom stereocenters. The lowest BCUT2D eigenvalue weighted by Crippen LogP contribution is -2.24. The second-order valence-corrected chi connectivity index (χ2v) is 2.53. The molecule has 1 aromatic heterocycles. The summed E-state index contributed by atoms with van der Waals surface area (Å²) in [6, 6.07) is 0. The average molecular weight is 168 g/mol. The maximum atomic E-state index is 11.2. The number of rotatable bonds is 3. The highest BCUT2D eigenvalue weighted by atomic mass is 16.1. The maximum absolute atomic E-state index is 11.2. The van der Waals surface area contributed by atoms with Crippen molar-refractivity contribution in [2.24, 2.45) is 7.05 Å². The molecule has 0 spiro atoms. The fourth-order valence-electron chi connectivity index (χ4n) is 0.780. The van der Waals surface area contributed by atoms with Crippen molar-refractivity contribution in [3.63, 3.8) is 0 Å². The van der Waals surface area contributed by atoms with Crippen molar-refractivity contribution in [2.75, 3.05) is 6.54 Å².